The van der Waals surface area contributed by atoms with Gasteiger partial charge in [0.2, 0.25) is 0 Å². The van der Waals surface area contributed by atoms with Gasteiger partial charge in [0.1, 0.15) is 29.9 Å². The number of aromatic nitrogens is 4. The summed E-state index contributed by atoms with van der Waals surface area (Å²) in [5.41, 5.74) is 2.41. The number of aromatic hydroxyl groups is 1. The average Bonchev–Trinajstić information content (AvgIpc) is 3.21. The number of ether oxygens (including phenoxy) is 2. The fourth-order valence-corrected chi connectivity index (χ4v) is 3.43. The van der Waals surface area contributed by atoms with E-state index in [1.807, 2.05) is 0 Å². The molecule has 0 radical (unpaired) electrons. The second-order valence-corrected chi connectivity index (χ2v) is 7.07. The molecule has 1 aliphatic rings. The van der Waals surface area contributed by atoms with Crippen molar-refractivity contribution in [3.05, 3.63) is 35.9 Å². The number of imidazole rings is 1. The molecule has 4 N–H and O–H groups in total. The summed E-state index contributed by atoms with van der Waals surface area (Å²) in [5, 5.41) is 33.6. The number of fused-ring (bicyclic) bond motifs is 1. The molecule has 154 valence electrons. The third-order valence-electron chi connectivity index (χ3n) is 4.94. The van der Waals surface area contributed by atoms with E-state index in [-0.39, 0.29) is 12.4 Å². The number of hydrogen-bond acceptors (Lipinski definition) is 9. The molecule has 0 spiro atoms. The minimum absolute atomic E-state index is 0.155. The summed E-state index contributed by atoms with van der Waals surface area (Å²) in [7, 11) is 1.50. The highest BCUT2D eigenvalue weighted by Gasteiger charge is 2.44. The van der Waals surface area contributed by atoms with Crippen LogP contribution in [0.1, 0.15) is 17.6 Å². The molecule has 1 fully saturated rings. The Morgan fingerprint density at radius 2 is 2.00 bits per heavy atom. The van der Waals surface area contributed by atoms with Crippen LogP contribution >= 0.6 is 0 Å². The van der Waals surface area contributed by atoms with Crippen LogP contribution in [0.5, 0.6) is 5.75 Å². The molecule has 1 aliphatic heterocycles. The van der Waals surface area contributed by atoms with Gasteiger partial charge in [0.15, 0.2) is 23.2 Å². The van der Waals surface area contributed by atoms with Crippen molar-refractivity contribution in [2.45, 2.75) is 38.4 Å². The zero-order valence-corrected chi connectivity index (χ0v) is 16.3. The van der Waals surface area contributed by atoms with E-state index in [0.29, 0.717) is 22.8 Å². The lowest BCUT2D eigenvalue weighted by Gasteiger charge is -2.17. The molecule has 3 heterocycles. The van der Waals surface area contributed by atoms with Gasteiger partial charge < -0.3 is 30.1 Å². The predicted molar refractivity (Wildman–Crippen MR) is 104 cm³/mol. The van der Waals surface area contributed by atoms with Crippen LogP contribution in [-0.2, 0) is 9.47 Å². The molecule has 10 heteroatoms. The van der Waals surface area contributed by atoms with Crippen molar-refractivity contribution in [1.82, 2.24) is 19.5 Å². The first kappa shape index (κ1) is 19.5. The van der Waals surface area contributed by atoms with Gasteiger partial charge in [0.25, 0.3) is 0 Å². The van der Waals surface area contributed by atoms with Gasteiger partial charge in [-0.2, -0.15) is 0 Å². The Balaban J connectivity index is 1.71. The van der Waals surface area contributed by atoms with Crippen LogP contribution in [0.25, 0.3) is 11.2 Å². The zero-order valence-electron chi connectivity index (χ0n) is 16.3. The van der Waals surface area contributed by atoms with Crippen LogP contribution < -0.4 is 5.32 Å². The van der Waals surface area contributed by atoms with E-state index in [1.165, 1.54) is 13.4 Å². The van der Waals surface area contributed by atoms with Gasteiger partial charge in [0, 0.05) is 12.8 Å². The van der Waals surface area contributed by atoms with Crippen LogP contribution in [0, 0.1) is 13.8 Å². The first-order valence-electron chi connectivity index (χ1n) is 9.17. The number of aliphatic hydroxyl groups excluding tert-OH is 2. The first-order chi connectivity index (χ1) is 13.9. The number of benzene rings is 1. The topological polar surface area (TPSA) is 135 Å². The Labute approximate surface area is 166 Å². The minimum atomic E-state index is -1.15. The van der Waals surface area contributed by atoms with E-state index in [0.717, 1.165) is 11.3 Å². The van der Waals surface area contributed by atoms with Crippen molar-refractivity contribution in [1.29, 1.82) is 0 Å². The summed E-state index contributed by atoms with van der Waals surface area (Å²) < 4.78 is 12.4. The maximum absolute atomic E-state index is 10.5. The number of methoxy groups -OCH3 is 1. The first-order valence-corrected chi connectivity index (χ1v) is 9.17. The van der Waals surface area contributed by atoms with Crippen molar-refractivity contribution in [3.8, 4) is 5.75 Å². The fourth-order valence-electron chi connectivity index (χ4n) is 3.43. The van der Waals surface area contributed by atoms with E-state index >= 15 is 0 Å². The van der Waals surface area contributed by atoms with Crippen LogP contribution in [0.15, 0.2) is 24.5 Å². The number of nitrogens with zero attached hydrogens (tertiary/aromatic N) is 4. The number of rotatable bonds is 5. The molecule has 10 nitrogen and oxygen atoms in total. The number of phenolic OH excluding ortho intramolecular Hbond substituents is 1. The van der Waals surface area contributed by atoms with Gasteiger partial charge in [-0.3, -0.25) is 4.57 Å². The van der Waals surface area contributed by atoms with E-state index in [2.05, 4.69) is 20.3 Å². The quantitative estimate of drug-likeness (QED) is 0.464. The van der Waals surface area contributed by atoms with Gasteiger partial charge in [0.05, 0.1) is 12.9 Å². The van der Waals surface area contributed by atoms with Crippen LogP contribution in [0.4, 0.5) is 11.5 Å². The normalized spacial score (nSPS) is 24.3. The van der Waals surface area contributed by atoms with E-state index in [1.54, 1.807) is 36.6 Å². The monoisotopic (exact) mass is 401 g/mol. The SMILES string of the molecule is COC[C@H]1O[C@@H](n2cnc3c(Nc4ccc(O)c(C)c4)nc(C)nc32)[C@H](O)[C@@H]1O. The molecule has 1 aromatic carbocycles. The Morgan fingerprint density at radius 3 is 2.72 bits per heavy atom. The van der Waals surface area contributed by atoms with Gasteiger partial charge in [-0.25, -0.2) is 15.0 Å². The molecule has 0 aliphatic carbocycles. The lowest BCUT2D eigenvalue weighted by Crippen LogP contribution is -2.33. The van der Waals surface area contributed by atoms with Crippen molar-refractivity contribution in [2.75, 3.05) is 19.0 Å². The average molecular weight is 401 g/mol. The highest BCUT2D eigenvalue weighted by Crippen LogP contribution is 2.33. The third-order valence-corrected chi connectivity index (χ3v) is 4.94. The molecule has 29 heavy (non-hydrogen) atoms. The molecule has 4 atom stereocenters. The van der Waals surface area contributed by atoms with Crippen molar-refractivity contribution in [3.63, 3.8) is 0 Å². The molecular weight excluding hydrogens is 378 g/mol. The number of phenols is 1. The Morgan fingerprint density at radius 1 is 1.21 bits per heavy atom. The second kappa shape index (κ2) is 7.56. The van der Waals surface area contributed by atoms with Crippen molar-refractivity contribution in [2.24, 2.45) is 0 Å². The van der Waals surface area contributed by atoms with Crippen LogP contribution in [0.3, 0.4) is 0 Å². The van der Waals surface area contributed by atoms with Gasteiger partial charge >= 0.3 is 0 Å². The number of nitrogens with one attached hydrogen (secondary N) is 1. The number of aryl methyl sites for hydroxylation is 2. The third kappa shape index (κ3) is 3.51. The molecule has 0 unspecified atom stereocenters. The molecule has 0 saturated carbocycles. The standard InChI is InChI=1S/C19H23N5O5/c1-9-6-11(4-5-12(9)25)23-17-14-18(22-10(2)21-17)24(8-20-14)19-16(27)15(26)13(29-19)7-28-3/h4-6,8,13,15-16,19,25-27H,7H2,1-3H3,(H,21,22,23)/t13-,15-,16-,19-/m1/s1. The number of anilines is 2. The maximum atomic E-state index is 10.5. The summed E-state index contributed by atoms with van der Waals surface area (Å²) in [6.07, 6.45) is -2.25. The summed E-state index contributed by atoms with van der Waals surface area (Å²) >= 11 is 0. The molecule has 1 saturated heterocycles. The van der Waals surface area contributed by atoms with Gasteiger partial charge in [-0.05, 0) is 37.6 Å². The molecule has 2 aromatic heterocycles. The number of aliphatic hydroxyl groups is 2. The van der Waals surface area contributed by atoms with Gasteiger partial charge in [-0.15, -0.1) is 0 Å². The van der Waals surface area contributed by atoms with E-state index < -0.39 is 24.5 Å². The molecular formula is C19H23N5O5. The lowest BCUT2D eigenvalue weighted by atomic mass is 10.1. The molecule has 3 aromatic rings. The van der Waals surface area contributed by atoms with Crippen molar-refractivity contribution >= 4 is 22.7 Å². The molecule has 4 rings (SSSR count). The molecule has 0 amide bonds. The summed E-state index contributed by atoms with van der Waals surface area (Å²) in [6, 6.07) is 5.13. The maximum Gasteiger partial charge on any atom is 0.167 e. The Bertz CT molecular complexity index is 1040. The van der Waals surface area contributed by atoms with Crippen LogP contribution in [-0.4, -0.2) is 66.9 Å². The van der Waals surface area contributed by atoms with Crippen LogP contribution in [0.2, 0.25) is 0 Å². The van der Waals surface area contributed by atoms with Gasteiger partial charge in [-0.1, -0.05) is 0 Å². The largest absolute Gasteiger partial charge is 0.508 e. The Hall–Kier alpha value is -2.79. The molecule has 0 bridgehead atoms. The number of hydrogen-bond donors (Lipinski definition) is 4. The highest BCUT2D eigenvalue weighted by atomic mass is 16.6. The second-order valence-electron chi connectivity index (χ2n) is 7.07. The zero-order chi connectivity index (χ0) is 20.7. The summed E-state index contributed by atoms with van der Waals surface area (Å²) in [4.78, 5) is 13.3. The van der Waals surface area contributed by atoms with Crippen molar-refractivity contribution < 1.29 is 24.8 Å². The van der Waals surface area contributed by atoms with E-state index in [4.69, 9.17) is 9.47 Å². The summed E-state index contributed by atoms with van der Waals surface area (Å²) in [5.74, 6) is 1.19. The minimum Gasteiger partial charge on any atom is -0.508 e. The van der Waals surface area contributed by atoms with E-state index in [9.17, 15) is 15.3 Å². The predicted octanol–water partition coefficient (Wildman–Crippen LogP) is 1.16. The fraction of sp³-hybridized carbons (Fsp3) is 0.421. The Kier molecular flexibility index (Phi) is 5.09. The smallest absolute Gasteiger partial charge is 0.167 e. The summed E-state index contributed by atoms with van der Waals surface area (Å²) in [6.45, 7) is 3.71. The lowest BCUT2D eigenvalue weighted by molar-refractivity contribution is -0.0580. The highest BCUT2D eigenvalue weighted by molar-refractivity contribution is 5.85.